The van der Waals surface area contributed by atoms with Crippen LogP contribution in [0.2, 0.25) is 18.1 Å². The van der Waals surface area contributed by atoms with Crippen LogP contribution in [0.5, 0.6) is 0 Å². The molecule has 0 saturated heterocycles. The van der Waals surface area contributed by atoms with Crippen LogP contribution in [0.15, 0.2) is 43.0 Å². The van der Waals surface area contributed by atoms with Crippen molar-refractivity contribution in [3.05, 3.63) is 48.6 Å². The zero-order valence-corrected chi connectivity index (χ0v) is 18.1. The number of benzene rings is 1. The zero-order chi connectivity index (χ0) is 19.8. The molecule has 4 nitrogen and oxygen atoms in total. The summed E-state index contributed by atoms with van der Waals surface area (Å²) < 4.78 is 17.3. The van der Waals surface area contributed by atoms with E-state index in [4.69, 9.17) is 13.9 Å². The molecule has 146 valence electrons. The van der Waals surface area contributed by atoms with Gasteiger partial charge in [0.1, 0.15) is 0 Å². The molecule has 0 amide bonds. The van der Waals surface area contributed by atoms with Gasteiger partial charge < -0.3 is 13.9 Å². The van der Waals surface area contributed by atoms with Gasteiger partial charge in [-0.2, -0.15) is 0 Å². The van der Waals surface area contributed by atoms with Gasteiger partial charge in [0.15, 0.2) is 8.32 Å². The minimum Gasteiger partial charge on any atom is -0.468 e. The molecule has 5 heteroatoms. The molecule has 0 aliphatic heterocycles. The average Bonchev–Trinajstić information content (AvgIpc) is 2.58. The molecule has 1 aromatic rings. The van der Waals surface area contributed by atoms with Crippen molar-refractivity contribution in [3.8, 4) is 0 Å². The van der Waals surface area contributed by atoms with Crippen LogP contribution in [0, 0.1) is 5.92 Å². The van der Waals surface area contributed by atoms with Gasteiger partial charge in [-0.15, -0.1) is 6.58 Å². The first-order valence-electron chi connectivity index (χ1n) is 9.12. The average molecular weight is 379 g/mol. The largest absolute Gasteiger partial charge is 0.468 e. The van der Waals surface area contributed by atoms with Crippen LogP contribution in [0.1, 0.15) is 32.8 Å². The summed E-state index contributed by atoms with van der Waals surface area (Å²) in [7, 11) is -0.644. The molecule has 0 bridgehead atoms. The molecule has 0 aromatic heterocycles. The normalized spacial score (nSPS) is 14.5. The number of esters is 1. The van der Waals surface area contributed by atoms with Gasteiger partial charge in [-0.25, -0.2) is 0 Å². The van der Waals surface area contributed by atoms with Crippen LogP contribution < -0.4 is 0 Å². The van der Waals surface area contributed by atoms with Crippen LogP contribution in [-0.4, -0.2) is 34.1 Å². The first-order chi connectivity index (χ1) is 12.1. The van der Waals surface area contributed by atoms with Crippen molar-refractivity contribution in [3.63, 3.8) is 0 Å². The van der Waals surface area contributed by atoms with E-state index in [1.807, 2.05) is 30.3 Å². The predicted molar refractivity (Wildman–Crippen MR) is 108 cm³/mol. The molecular formula is C21H34O4Si. The highest BCUT2D eigenvalue weighted by molar-refractivity contribution is 6.74. The lowest BCUT2D eigenvalue weighted by Gasteiger charge is -2.40. The summed E-state index contributed by atoms with van der Waals surface area (Å²) in [6.45, 7) is 15.8. The minimum atomic E-state index is -2.04. The van der Waals surface area contributed by atoms with Gasteiger partial charge in [0.05, 0.1) is 25.7 Å². The Morgan fingerprint density at radius 1 is 1.23 bits per heavy atom. The lowest BCUT2D eigenvalue weighted by Crippen LogP contribution is -2.47. The molecular weight excluding hydrogens is 344 g/mol. The van der Waals surface area contributed by atoms with Gasteiger partial charge in [-0.05, 0) is 30.1 Å². The van der Waals surface area contributed by atoms with E-state index in [9.17, 15) is 4.79 Å². The molecule has 0 N–H and O–H groups in total. The van der Waals surface area contributed by atoms with Crippen molar-refractivity contribution in [1.82, 2.24) is 0 Å². The molecule has 26 heavy (non-hydrogen) atoms. The van der Waals surface area contributed by atoms with Crippen LogP contribution in [0.4, 0.5) is 0 Å². The molecule has 0 spiro atoms. The molecule has 0 fully saturated rings. The second-order valence-corrected chi connectivity index (χ2v) is 12.8. The summed E-state index contributed by atoms with van der Waals surface area (Å²) in [5, 5.41) is 0.0536. The number of rotatable bonds is 10. The van der Waals surface area contributed by atoms with E-state index in [1.54, 1.807) is 6.08 Å². The highest BCUT2D eigenvalue weighted by Crippen LogP contribution is 2.38. The van der Waals surface area contributed by atoms with Crippen molar-refractivity contribution in [2.45, 2.75) is 58.0 Å². The zero-order valence-electron chi connectivity index (χ0n) is 17.1. The monoisotopic (exact) mass is 378 g/mol. The molecule has 0 saturated carbocycles. The first-order valence-corrected chi connectivity index (χ1v) is 12.0. The van der Waals surface area contributed by atoms with Gasteiger partial charge in [0.2, 0.25) is 0 Å². The van der Waals surface area contributed by atoms with Crippen LogP contribution in [0.3, 0.4) is 0 Å². The lowest BCUT2D eigenvalue weighted by atomic mass is 10.0. The third-order valence-electron chi connectivity index (χ3n) is 5.04. The summed E-state index contributed by atoms with van der Waals surface area (Å²) in [5.74, 6) is -0.804. The van der Waals surface area contributed by atoms with E-state index < -0.39 is 14.2 Å². The highest BCUT2D eigenvalue weighted by Gasteiger charge is 2.41. The number of methoxy groups -OCH3 is 1. The molecule has 1 rings (SSSR count). The van der Waals surface area contributed by atoms with Gasteiger partial charge in [-0.1, -0.05) is 57.2 Å². The quantitative estimate of drug-likeness (QED) is 0.250. The molecule has 1 aromatic carbocycles. The van der Waals surface area contributed by atoms with Crippen molar-refractivity contribution in [2.24, 2.45) is 5.92 Å². The Morgan fingerprint density at radius 3 is 2.35 bits per heavy atom. The van der Waals surface area contributed by atoms with E-state index in [0.29, 0.717) is 19.6 Å². The van der Waals surface area contributed by atoms with Gasteiger partial charge in [0, 0.05) is 6.61 Å². The highest BCUT2D eigenvalue weighted by atomic mass is 28.4. The summed E-state index contributed by atoms with van der Waals surface area (Å²) in [6.07, 6.45) is 1.95. The standard InChI is InChI=1S/C21H34O4Si/c1-8-18(20(22)23-5)19(25-26(6,7)21(2,3)4)14-15-24-16-17-12-10-9-11-13-17/h8-13,18-19H,1,14-16H2,2-7H3/t18-,19+/m1/s1. The van der Waals surface area contributed by atoms with Gasteiger partial charge in [0.25, 0.3) is 0 Å². The molecule has 2 atom stereocenters. The maximum absolute atomic E-state index is 12.2. The van der Waals surface area contributed by atoms with E-state index in [0.717, 1.165) is 5.56 Å². The van der Waals surface area contributed by atoms with E-state index >= 15 is 0 Å². The van der Waals surface area contributed by atoms with Crippen molar-refractivity contribution < 1.29 is 18.7 Å². The van der Waals surface area contributed by atoms with Gasteiger partial charge in [-0.3, -0.25) is 4.79 Å². The van der Waals surface area contributed by atoms with E-state index in [1.165, 1.54) is 7.11 Å². The van der Waals surface area contributed by atoms with Crippen LogP contribution in [-0.2, 0) is 25.3 Å². The molecule has 0 aliphatic rings. The SMILES string of the molecule is C=C[C@@H](C(=O)OC)[C@H](CCOCc1ccccc1)O[Si](C)(C)C(C)(C)C. The fourth-order valence-corrected chi connectivity index (χ4v) is 3.74. The number of hydrogen-bond donors (Lipinski definition) is 0. The fourth-order valence-electron chi connectivity index (χ4n) is 2.37. The Bertz CT molecular complexity index is 563. The van der Waals surface area contributed by atoms with E-state index in [-0.39, 0.29) is 17.1 Å². The number of carbonyl (C=O) groups excluding carboxylic acids is 1. The second kappa shape index (κ2) is 10.0. The summed E-state index contributed by atoms with van der Waals surface area (Å²) in [6, 6.07) is 10.0. The Balaban J connectivity index is 2.76. The Hall–Kier alpha value is -1.43. The third kappa shape index (κ3) is 6.70. The number of hydrogen-bond acceptors (Lipinski definition) is 4. The maximum atomic E-state index is 12.2. The Morgan fingerprint density at radius 2 is 1.85 bits per heavy atom. The lowest BCUT2D eigenvalue weighted by molar-refractivity contribution is -0.147. The Labute approximate surface area is 159 Å². The smallest absolute Gasteiger partial charge is 0.315 e. The molecule has 0 unspecified atom stereocenters. The molecule has 0 aliphatic carbocycles. The fraction of sp³-hybridized carbons (Fsp3) is 0.571. The van der Waals surface area contributed by atoms with Crippen molar-refractivity contribution >= 4 is 14.3 Å². The summed E-state index contributed by atoms with van der Waals surface area (Å²) in [5.41, 5.74) is 1.13. The van der Waals surface area contributed by atoms with Crippen LogP contribution >= 0.6 is 0 Å². The van der Waals surface area contributed by atoms with Crippen LogP contribution in [0.25, 0.3) is 0 Å². The topological polar surface area (TPSA) is 44.8 Å². The number of carbonyl (C=O) groups is 1. The molecule has 0 radical (unpaired) electrons. The number of ether oxygens (including phenoxy) is 2. The second-order valence-electron chi connectivity index (χ2n) is 8.03. The van der Waals surface area contributed by atoms with Crippen molar-refractivity contribution in [1.29, 1.82) is 0 Å². The maximum Gasteiger partial charge on any atom is 0.315 e. The first kappa shape index (κ1) is 22.6. The van der Waals surface area contributed by atoms with Crippen molar-refractivity contribution in [2.75, 3.05) is 13.7 Å². The molecule has 0 heterocycles. The predicted octanol–water partition coefficient (Wildman–Crippen LogP) is 4.96. The van der Waals surface area contributed by atoms with Gasteiger partial charge >= 0.3 is 5.97 Å². The summed E-state index contributed by atoms with van der Waals surface area (Å²) >= 11 is 0. The summed E-state index contributed by atoms with van der Waals surface area (Å²) in [4.78, 5) is 12.2. The van der Waals surface area contributed by atoms with E-state index in [2.05, 4.69) is 40.4 Å². The minimum absolute atomic E-state index is 0.0536. The Kier molecular flexibility index (Phi) is 8.73. The third-order valence-corrected chi connectivity index (χ3v) is 9.54.